The summed E-state index contributed by atoms with van der Waals surface area (Å²) in [4.78, 5) is 22.6. The summed E-state index contributed by atoms with van der Waals surface area (Å²) >= 11 is 0. The van der Waals surface area contributed by atoms with E-state index in [1.807, 2.05) is 0 Å². The second-order valence-electron chi connectivity index (χ2n) is 4.24. The highest BCUT2D eigenvalue weighted by Gasteiger charge is 2.19. The Hall–Kier alpha value is -2.24. The molecule has 0 aliphatic carbocycles. The number of amides is 1. The molecule has 0 saturated carbocycles. The van der Waals surface area contributed by atoms with Crippen LogP contribution in [0.2, 0.25) is 0 Å². The van der Waals surface area contributed by atoms with Crippen LogP contribution >= 0.6 is 0 Å². The molecule has 6 heteroatoms. The van der Waals surface area contributed by atoms with Gasteiger partial charge in [0, 0.05) is 6.07 Å². The minimum absolute atomic E-state index is 0.0109. The summed E-state index contributed by atoms with van der Waals surface area (Å²) in [5.74, 6) is -3.37. The summed E-state index contributed by atoms with van der Waals surface area (Å²) in [5, 5.41) is 11.2. The third-order valence-electron chi connectivity index (χ3n) is 2.66. The van der Waals surface area contributed by atoms with Gasteiger partial charge in [-0.2, -0.15) is 0 Å². The van der Waals surface area contributed by atoms with Crippen molar-refractivity contribution in [3.05, 3.63) is 48.1 Å². The molecule has 0 aromatic heterocycles. The van der Waals surface area contributed by atoms with E-state index in [0.29, 0.717) is 12.5 Å². The molecule has 2 N–H and O–H groups in total. The molecule has 0 radical (unpaired) electrons. The van der Waals surface area contributed by atoms with E-state index in [1.54, 1.807) is 6.08 Å². The number of benzene rings is 1. The molecular weight excluding hydrogens is 268 g/mol. The monoisotopic (exact) mass is 283 g/mol. The number of hydrogen-bond donors (Lipinski definition) is 2. The van der Waals surface area contributed by atoms with E-state index in [0.717, 1.165) is 12.1 Å². The first-order chi connectivity index (χ1) is 9.43. The Kier molecular flexibility index (Phi) is 5.83. The lowest BCUT2D eigenvalue weighted by Crippen LogP contribution is -2.41. The number of carboxylic acids is 1. The Bertz CT molecular complexity index is 517. The van der Waals surface area contributed by atoms with Gasteiger partial charge in [0.1, 0.15) is 17.7 Å². The molecule has 0 bridgehead atoms. The van der Waals surface area contributed by atoms with Gasteiger partial charge >= 0.3 is 5.97 Å². The van der Waals surface area contributed by atoms with Crippen LogP contribution in [0.3, 0.4) is 0 Å². The number of carbonyl (C=O) groups excluding carboxylic acids is 1. The molecule has 1 atom stereocenters. The minimum atomic E-state index is -1.17. The summed E-state index contributed by atoms with van der Waals surface area (Å²) < 4.78 is 26.1. The Balaban J connectivity index is 2.65. The average Bonchev–Trinajstić information content (AvgIpc) is 2.37. The zero-order chi connectivity index (χ0) is 15.1. The van der Waals surface area contributed by atoms with Gasteiger partial charge in [0.15, 0.2) is 0 Å². The molecule has 20 heavy (non-hydrogen) atoms. The SMILES string of the molecule is C=CCC[C@H](NC(=O)Cc1ccc(F)cc1F)C(=O)O. The zero-order valence-corrected chi connectivity index (χ0v) is 10.7. The van der Waals surface area contributed by atoms with Crippen molar-refractivity contribution in [2.24, 2.45) is 0 Å². The number of halogens is 2. The number of carboxylic acid groups (broad SMARTS) is 1. The molecule has 0 saturated heterocycles. The molecule has 1 amide bonds. The summed E-state index contributed by atoms with van der Waals surface area (Å²) in [6.45, 7) is 3.47. The number of nitrogens with one attached hydrogen (secondary N) is 1. The number of carbonyl (C=O) groups is 2. The van der Waals surface area contributed by atoms with E-state index in [1.165, 1.54) is 0 Å². The largest absolute Gasteiger partial charge is 0.480 e. The fourth-order valence-corrected chi connectivity index (χ4v) is 1.63. The molecule has 0 unspecified atom stereocenters. The molecule has 0 spiro atoms. The smallest absolute Gasteiger partial charge is 0.326 e. The lowest BCUT2D eigenvalue weighted by Gasteiger charge is -2.13. The van der Waals surface area contributed by atoms with E-state index >= 15 is 0 Å². The highest BCUT2D eigenvalue weighted by Crippen LogP contribution is 2.10. The summed E-state index contributed by atoms with van der Waals surface area (Å²) in [7, 11) is 0. The number of rotatable bonds is 7. The van der Waals surface area contributed by atoms with Gasteiger partial charge in [0.25, 0.3) is 0 Å². The van der Waals surface area contributed by atoms with Crippen molar-refractivity contribution in [2.45, 2.75) is 25.3 Å². The summed E-state index contributed by atoms with van der Waals surface area (Å²) in [6.07, 6.45) is 1.84. The zero-order valence-electron chi connectivity index (χ0n) is 10.7. The maximum Gasteiger partial charge on any atom is 0.326 e. The van der Waals surface area contributed by atoms with Gasteiger partial charge in [-0.25, -0.2) is 13.6 Å². The van der Waals surface area contributed by atoms with Crippen LogP contribution in [0.1, 0.15) is 18.4 Å². The maximum atomic E-state index is 13.4. The molecule has 1 aromatic rings. The van der Waals surface area contributed by atoms with E-state index in [-0.39, 0.29) is 18.4 Å². The van der Waals surface area contributed by atoms with E-state index in [4.69, 9.17) is 5.11 Å². The van der Waals surface area contributed by atoms with Gasteiger partial charge in [-0.05, 0) is 24.5 Å². The van der Waals surface area contributed by atoms with Crippen LogP contribution in [-0.4, -0.2) is 23.0 Å². The van der Waals surface area contributed by atoms with Crippen LogP contribution in [0, 0.1) is 11.6 Å². The first-order valence-corrected chi connectivity index (χ1v) is 6.01. The van der Waals surface area contributed by atoms with Gasteiger partial charge in [-0.1, -0.05) is 12.1 Å². The van der Waals surface area contributed by atoms with Crippen LogP contribution < -0.4 is 5.32 Å². The molecule has 108 valence electrons. The van der Waals surface area contributed by atoms with Crippen LogP contribution in [0.4, 0.5) is 8.78 Å². The van der Waals surface area contributed by atoms with Gasteiger partial charge in [0.2, 0.25) is 5.91 Å². The Morgan fingerprint density at radius 2 is 2.10 bits per heavy atom. The molecule has 4 nitrogen and oxygen atoms in total. The van der Waals surface area contributed by atoms with Crippen molar-refractivity contribution < 1.29 is 23.5 Å². The molecule has 1 aromatic carbocycles. The quantitative estimate of drug-likeness (QED) is 0.753. The van der Waals surface area contributed by atoms with Crippen LogP contribution in [0.5, 0.6) is 0 Å². The van der Waals surface area contributed by atoms with Crippen molar-refractivity contribution in [1.29, 1.82) is 0 Å². The molecule has 0 fully saturated rings. The molecule has 0 aliphatic heterocycles. The van der Waals surface area contributed by atoms with E-state index in [2.05, 4.69) is 11.9 Å². The molecule has 1 rings (SSSR count). The summed E-state index contributed by atoms with van der Waals surface area (Å²) in [5.41, 5.74) is 0.0109. The standard InChI is InChI=1S/C14H15F2NO3/c1-2-3-4-12(14(19)20)17-13(18)7-9-5-6-10(15)8-11(9)16/h2,5-6,8,12H,1,3-4,7H2,(H,17,18)(H,19,20)/t12-/m0/s1. The predicted octanol–water partition coefficient (Wildman–Crippen LogP) is 2.04. The second-order valence-corrected chi connectivity index (χ2v) is 4.24. The topological polar surface area (TPSA) is 66.4 Å². The first-order valence-electron chi connectivity index (χ1n) is 6.01. The van der Waals surface area contributed by atoms with Crippen LogP contribution in [0.25, 0.3) is 0 Å². The fraction of sp³-hybridized carbons (Fsp3) is 0.286. The van der Waals surface area contributed by atoms with Gasteiger partial charge in [-0.15, -0.1) is 6.58 Å². The minimum Gasteiger partial charge on any atom is -0.480 e. The Morgan fingerprint density at radius 1 is 1.40 bits per heavy atom. The van der Waals surface area contributed by atoms with Crippen molar-refractivity contribution in [2.75, 3.05) is 0 Å². The van der Waals surface area contributed by atoms with Gasteiger partial charge in [-0.3, -0.25) is 4.79 Å². The first kappa shape index (κ1) is 15.8. The average molecular weight is 283 g/mol. The lowest BCUT2D eigenvalue weighted by molar-refractivity contribution is -0.141. The van der Waals surface area contributed by atoms with Crippen molar-refractivity contribution in [1.82, 2.24) is 5.32 Å². The third-order valence-corrected chi connectivity index (χ3v) is 2.66. The Morgan fingerprint density at radius 3 is 2.65 bits per heavy atom. The molecule has 0 aliphatic rings. The highest BCUT2D eigenvalue weighted by atomic mass is 19.1. The van der Waals surface area contributed by atoms with Gasteiger partial charge in [0.05, 0.1) is 6.42 Å². The number of allylic oxidation sites excluding steroid dienone is 1. The maximum absolute atomic E-state index is 13.4. The number of aliphatic carboxylic acids is 1. The van der Waals surface area contributed by atoms with E-state index < -0.39 is 29.6 Å². The highest BCUT2D eigenvalue weighted by molar-refractivity contribution is 5.84. The molecular formula is C14H15F2NO3. The third kappa shape index (κ3) is 4.79. The lowest BCUT2D eigenvalue weighted by atomic mass is 10.1. The van der Waals surface area contributed by atoms with Gasteiger partial charge < -0.3 is 10.4 Å². The normalized spacial score (nSPS) is 11.7. The van der Waals surface area contributed by atoms with Crippen molar-refractivity contribution >= 4 is 11.9 Å². The van der Waals surface area contributed by atoms with Crippen molar-refractivity contribution in [3.8, 4) is 0 Å². The Labute approximate surface area is 115 Å². The predicted molar refractivity (Wildman–Crippen MR) is 69.1 cm³/mol. The van der Waals surface area contributed by atoms with Crippen LogP contribution in [0.15, 0.2) is 30.9 Å². The summed E-state index contributed by atoms with van der Waals surface area (Å²) in [6, 6.07) is 1.82. The van der Waals surface area contributed by atoms with Crippen LogP contribution in [-0.2, 0) is 16.0 Å². The molecule has 0 heterocycles. The van der Waals surface area contributed by atoms with E-state index in [9.17, 15) is 18.4 Å². The van der Waals surface area contributed by atoms with Crippen molar-refractivity contribution in [3.63, 3.8) is 0 Å². The fourth-order valence-electron chi connectivity index (χ4n) is 1.63. The number of hydrogen-bond acceptors (Lipinski definition) is 2. The second kappa shape index (κ2) is 7.37.